The zero-order valence-electron chi connectivity index (χ0n) is 10.8. The molecule has 1 saturated heterocycles. The summed E-state index contributed by atoms with van der Waals surface area (Å²) in [6, 6.07) is 0. The van der Waals surface area contributed by atoms with Gasteiger partial charge in [-0.1, -0.05) is 0 Å². The predicted molar refractivity (Wildman–Crippen MR) is 66.5 cm³/mol. The number of ether oxygens (including phenoxy) is 1. The molecule has 1 aliphatic rings. The first kappa shape index (κ1) is 15.0. The second-order valence-electron chi connectivity index (χ2n) is 4.41. The smallest absolute Gasteiger partial charge is 0.452 e. The Labute approximate surface area is 117 Å². The summed E-state index contributed by atoms with van der Waals surface area (Å²) in [6.07, 6.45) is -3.41. The van der Waals surface area contributed by atoms with Crippen LogP contribution in [0.25, 0.3) is 0 Å². The molecule has 0 N–H and O–H groups in total. The summed E-state index contributed by atoms with van der Waals surface area (Å²) in [5.41, 5.74) is 0. The Morgan fingerprint density at radius 3 is 2.60 bits per heavy atom. The number of anilines is 1. The van der Waals surface area contributed by atoms with E-state index >= 15 is 0 Å². The van der Waals surface area contributed by atoms with Gasteiger partial charge in [0.1, 0.15) is 0 Å². The van der Waals surface area contributed by atoms with E-state index in [4.69, 9.17) is 4.74 Å². The van der Waals surface area contributed by atoms with Crippen molar-refractivity contribution in [2.75, 3.05) is 24.6 Å². The molecule has 2 heterocycles. The maximum absolute atomic E-state index is 12.4. The summed E-state index contributed by atoms with van der Waals surface area (Å²) in [5, 5.41) is 0.250. The summed E-state index contributed by atoms with van der Waals surface area (Å²) in [7, 11) is 0. The molecule has 20 heavy (non-hydrogen) atoms. The Hall–Kier alpha value is -1.38. The number of carbonyl (C=O) groups is 1. The highest BCUT2D eigenvalue weighted by Crippen LogP contribution is 2.31. The molecule has 0 aromatic carbocycles. The molecule has 1 aliphatic heterocycles. The monoisotopic (exact) mass is 309 g/mol. The van der Waals surface area contributed by atoms with Crippen molar-refractivity contribution < 1.29 is 22.7 Å². The minimum Gasteiger partial charge on any atom is -0.466 e. The van der Waals surface area contributed by atoms with Crippen LogP contribution in [0.15, 0.2) is 0 Å². The number of alkyl halides is 3. The van der Waals surface area contributed by atoms with Crippen LogP contribution < -0.4 is 4.90 Å². The van der Waals surface area contributed by atoms with Gasteiger partial charge in [-0.15, -0.1) is 0 Å². The summed E-state index contributed by atoms with van der Waals surface area (Å²) >= 11 is 0.731. The fraction of sp³-hybridized carbons (Fsp3) is 0.727. The Balaban J connectivity index is 1.94. The number of esters is 1. The van der Waals surface area contributed by atoms with Crippen LogP contribution in [0.3, 0.4) is 0 Å². The van der Waals surface area contributed by atoms with Gasteiger partial charge >= 0.3 is 12.1 Å². The molecule has 1 fully saturated rings. The maximum Gasteiger partial charge on any atom is 0.452 e. The van der Waals surface area contributed by atoms with Gasteiger partial charge in [0.15, 0.2) is 0 Å². The molecule has 112 valence electrons. The third-order valence-corrected chi connectivity index (χ3v) is 3.83. The molecule has 2 rings (SSSR count). The van der Waals surface area contributed by atoms with Gasteiger partial charge in [0.2, 0.25) is 11.0 Å². The fourth-order valence-corrected chi connectivity index (χ4v) is 2.76. The van der Waals surface area contributed by atoms with E-state index in [1.54, 1.807) is 11.8 Å². The summed E-state index contributed by atoms with van der Waals surface area (Å²) < 4.78 is 45.5. The van der Waals surface area contributed by atoms with Crippen LogP contribution in [0.2, 0.25) is 0 Å². The van der Waals surface area contributed by atoms with Gasteiger partial charge in [-0.2, -0.15) is 22.5 Å². The second-order valence-corrected chi connectivity index (χ2v) is 5.14. The van der Waals surface area contributed by atoms with Crippen LogP contribution in [0.5, 0.6) is 0 Å². The molecule has 9 heteroatoms. The normalized spacial score (nSPS) is 17.3. The highest BCUT2D eigenvalue weighted by Gasteiger charge is 2.37. The van der Waals surface area contributed by atoms with E-state index in [0.717, 1.165) is 11.5 Å². The molecule has 1 aromatic rings. The average Bonchev–Trinajstić information content (AvgIpc) is 2.89. The molecule has 0 amide bonds. The van der Waals surface area contributed by atoms with Gasteiger partial charge in [-0.3, -0.25) is 4.79 Å². The molecule has 0 radical (unpaired) electrons. The lowest BCUT2D eigenvalue weighted by atomic mass is 9.97. The first-order valence-electron chi connectivity index (χ1n) is 6.24. The van der Waals surface area contributed by atoms with E-state index in [-0.39, 0.29) is 17.0 Å². The molecular weight excluding hydrogens is 295 g/mol. The second kappa shape index (κ2) is 5.94. The van der Waals surface area contributed by atoms with E-state index in [9.17, 15) is 18.0 Å². The topological polar surface area (TPSA) is 55.3 Å². The molecule has 0 bridgehead atoms. The average molecular weight is 309 g/mol. The number of aromatic nitrogens is 2. The Kier molecular flexibility index (Phi) is 4.46. The quantitative estimate of drug-likeness (QED) is 0.802. The number of carbonyl (C=O) groups excluding carboxylic acids is 1. The highest BCUT2D eigenvalue weighted by atomic mass is 32.1. The van der Waals surface area contributed by atoms with E-state index in [1.807, 2.05) is 0 Å². The van der Waals surface area contributed by atoms with Crippen molar-refractivity contribution in [1.82, 2.24) is 9.36 Å². The van der Waals surface area contributed by atoms with Crippen molar-refractivity contribution in [2.45, 2.75) is 25.9 Å². The molecule has 0 unspecified atom stereocenters. The summed E-state index contributed by atoms with van der Waals surface area (Å²) in [6.45, 7) is 3.04. The highest BCUT2D eigenvalue weighted by molar-refractivity contribution is 7.09. The SMILES string of the molecule is CCOC(=O)C1CCN(c2nc(C(F)(F)F)ns2)CC1. The third-order valence-electron chi connectivity index (χ3n) is 3.05. The molecule has 0 atom stereocenters. The first-order valence-corrected chi connectivity index (χ1v) is 7.01. The Morgan fingerprint density at radius 2 is 2.10 bits per heavy atom. The zero-order chi connectivity index (χ0) is 14.8. The van der Waals surface area contributed by atoms with E-state index in [1.165, 1.54) is 0 Å². The number of hydrogen-bond donors (Lipinski definition) is 0. The van der Waals surface area contributed by atoms with Crippen LogP contribution >= 0.6 is 11.5 Å². The fourth-order valence-electron chi connectivity index (χ4n) is 2.03. The third kappa shape index (κ3) is 3.38. The zero-order valence-corrected chi connectivity index (χ0v) is 11.6. The molecule has 5 nitrogen and oxygen atoms in total. The van der Waals surface area contributed by atoms with Crippen molar-refractivity contribution in [2.24, 2.45) is 5.92 Å². The lowest BCUT2D eigenvalue weighted by Gasteiger charge is -2.30. The van der Waals surface area contributed by atoms with E-state index in [2.05, 4.69) is 9.36 Å². The van der Waals surface area contributed by atoms with Crippen molar-refractivity contribution in [3.05, 3.63) is 5.82 Å². The minimum absolute atomic E-state index is 0.179. The van der Waals surface area contributed by atoms with Crippen LogP contribution in [0.1, 0.15) is 25.6 Å². The molecule has 1 aromatic heterocycles. The van der Waals surface area contributed by atoms with Gasteiger partial charge < -0.3 is 9.64 Å². The number of rotatable bonds is 3. The van der Waals surface area contributed by atoms with Crippen molar-refractivity contribution in [3.63, 3.8) is 0 Å². The van der Waals surface area contributed by atoms with Gasteiger partial charge in [-0.25, -0.2) is 0 Å². The maximum atomic E-state index is 12.4. The lowest BCUT2D eigenvalue weighted by Crippen LogP contribution is -2.37. The summed E-state index contributed by atoms with van der Waals surface area (Å²) in [5.74, 6) is -1.52. The number of piperidine rings is 1. The largest absolute Gasteiger partial charge is 0.466 e. The van der Waals surface area contributed by atoms with E-state index < -0.39 is 12.0 Å². The van der Waals surface area contributed by atoms with Crippen molar-refractivity contribution in [3.8, 4) is 0 Å². The minimum atomic E-state index is -4.52. The first-order chi connectivity index (χ1) is 9.41. The molecule has 0 saturated carbocycles. The molecule has 0 aliphatic carbocycles. The van der Waals surface area contributed by atoms with Crippen molar-refractivity contribution >= 4 is 22.6 Å². The van der Waals surface area contributed by atoms with Crippen LogP contribution in [-0.2, 0) is 15.7 Å². The predicted octanol–water partition coefficient (Wildman–Crippen LogP) is 2.34. The number of halogens is 3. The van der Waals surface area contributed by atoms with Gasteiger partial charge in [0.25, 0.3) is 0 Å². The Bertz CT molecular complexity index is 470. The van der Waals surface area contributed by atoms with E-state index in [0.29, 0.717) is 32.5 Å². The number of nitrogens with zero attached hydrogens (tertiary/aromatic N) is 3. The lowest BCUT2D eigenvalue weighted by molar-refractivity contribution is -0.148. The number of hydrogen-bond acceptors (Lipinski definition) is 6. The molecular formula is C11H14F3N3O2S. The molecule has 0 spiro atoms. The standard InChI is InChI=1S/C11H14F3N3O2S/c1-2-19-8(18)7-3-5-17(6-4-7)10-15-9(16-20-10)11(12,13)14/h7H,2-6H2,1H3. The van der Waals surface area contributed by atoms with Crippen molar-refractivity contribution in [1.29, 1.82) is 0 Å². The summed E-state index contributed by atoms with van der Waals surface area (Å²) in [4.78, 5) is 16.8. The van der Waals surface area contributed by atoms with Crippen LogP contribution in [0.4, 0.5) is 18.3 Å². The Morgan fingerprint density at radius 1 is 1.45 bits per heavy atom. The van der Waals surface area contributed by atoms with Crippen LogP contribution in [0, 0.1) is 5.92 Å². The van der Waals surface area contributed by atoms with Gasteiger partial charge in [0.05, 0.1) is 12.5 Å². The van der Waals surface area contributed by atoms with Crippen LogP contribution in [-0.4, -0.2) is 35.0 Å². The van der Waals surface area contributed by atoms with Gasteiger partial charge in [-0.05, 0) is 19.8 Å². The van der Waals surface area contributed by atoms with Gasteiger partial charge in [0, 0.05) is 24.6 Å².